The number of ether oxygens (including phenoxy) is 1. The van der Waals surface area contributed by atoms with Crippen molar-refractivity contribution in [2.45, 2.75) is 18.4 Å². The fourth-order valence-corrected chi connectivity index (χ4v) is 3.28. The van der Waals surface area contributed by atoms with Crippen molar-refractivity contribution >= 4 is 47.6 Å². The predicted octanol–water partition coefficient (Wildman–Crippen LogP) is 3.54. The molecule has 0 saturated heterocycles. The summed E-state index contributed by atoms with van der Waals surface area (Å²) in [6, 6.07) is 16.3. The second-order valence-electron chi connectivity index (χ2n) is 6.71. The molecule has 0 atom stereocenters. The number of thioether (sulfide) groups is 1. The lowest BCUT2D eigenvalue weighted by Gasteiger charge is -2.15. The van der Waals surface area contributed by atoms with Gasteiger partial charge in [0.05, 0.1) is 20.2 Å². The smallest absolute Gasteiger partial charge is 0.241 e. The molecule has 164 valence electrons. The van der Waals surface area contributed by atoms with E-state index in [1.54, 1.807) is 37.9 Å². The average Bonchev–Trinajstić information content (AvgIpc) is 2.73. The molecule has 0 heterocycles. The van der Waals surface area contributed by atoms with Crippen molar-refractivity contribution in [3.63, 3.8) is 0 Å². The van der Waals surface area contributed by atoms with Crippen molar-refractivity contribution in [1.29, 1.82) is 0 Å². The van der Waals surface area contributed by atoms with Gasteiger partial charge in [0.2, 0.25) is 5.91 Å². The van der Waals surface area contributed by atoms with E-state index in [1.165, 1.54) is 4.90 Å². The molecule has 0 aliphatic rings. The lowest BCUT2D eigenvalue weighted by molar-refractivity contribution is -0.127. The van der Waals surface area contributed by atoms with Crippen LogP contribution in [0, 0.1) is 6.92 Å². The van der Waals surface area contributed by atoms with Crippen LogP contribution in [-0.2, 0) is 11.3 Å². The van der Waals surface area contributed by atoms with Crippen molar-refractivity contribution in [3.05, 3.63) is 59.7 Å². The Bertz CT molecular complexity index is 816. The summed E-state index contributed by atoms with van der Waals surface area (Å²) in [5.74, 6) is 2.31. The van der Waals surface area contributed by atoms with Gasteiger partial charge >= 0.3 is 0 Å². The van der Waals surface area contributed by atoms with Crippen LogP contribution in [0.15, 0.2) is 58.4 Å². The number of nitrogens with one attached hydrogen (secondary N) is 2. The molecule has 0 saturated carbocycles. The molecular formula is C22H31IN4O2S. The van der Waals surface area contributed by atoms with Crippen molar-refractivity contribution < 1.29 is 9.53 Å². The van der Waals surface area contributed by atoms with Gasteiger partial charge in [-0.3, -0.25) is 4.79 Å². The summed E-state index contributed by atoms with van der Waals surface area (Å²) in [5.41, 5.74) is 2.14. The Kier molecular flexibility index (Phi) is 12.3. The molecular weight excluding hydrogens is 511 g/mol. The number of carbonyl (C=O) groups excluding carboxylic acids is 1. The van der Waals surface area contributed by atoms with Crippen LogP contribution in [0.25, 0.3) is 0 Å². The highest BCUT2D eigenvalue weighted by Gasteiger charge is 2.07. The Hall–Kier alpha value is -1.94. The van der Waals surface area contributed by atoms with Crippen LogP contribution in [0.4, 0.5) is 0 Å². The fraction of sp³-hybridized carbons (Fsp3) is 0.364. The third kappa shape index (κ3) is 9.25. The Balaban J connectivity index is 0.00000450. The van der Waals surface area contributed by atoms with Crippen LogP contribution >= 0.6 is 35.7 Å². The number of aryl methyl sites for hydroxylation is 1. The zero-order valence-corrected chi connectivity index (χ0v) is 21.1. The number of aliphatic imine (C=N–C) groups is 1. The second-order valence-corrected chi connectivity index (χ2v) is 7.88. The third-order valence-electron chi connectivity index (χ3n) is 4.16. The minimum atomic E-state index is -0.00826. The number of likely N-dealkylation sites (N-methyl/N-ethyl adjacent to an activating group) is 1. The van der Waals surface area contributed by atoms with Crippen LogP contribution in [0.5, 0.6) is 5.75 Å². The molecule has 2 rings (SSSR count). The molecule has 2 aromatic rings. The van der Waals surface area contributed by atoms with E-state index in [-0.39, 0.29) is 36.4 Å². The van der Waals surface area contributed by atoms with E-state index in [4.69, 9.17) is 4.74 Å². The van der Waals surface area contributed by atoms with E-state index in [9.17, 15) is 4.79 Å². The van der Waals surface area contributed by atoms with Gasteiger partial charge in [0.25, 0.3) is 0 Å². The Morgan fingerprint density at radius 3 is 2.53 bits per heavy atom. The molecule has 1 amide bonds. The lowest BCUT2D eigenvalue weighted by atomic mass is 10.1. The molecule has 0 spiro atoms. The monoisotopic (exact) mass is 542 g/mol. The van der Waals surface area contributed by atoms with E-state index >= 15 is 0 Å². The molecule has 2 aromatic carbocycles. The van der Waals surface area contributed by atoms with Gasteiger partial charge in [-0.15, -0.1) is 35.7 Å². The molecule has 0 aliphatic heterocycles. The van der Waals surface area contributed by atoms with E-state index in [1.807, 2.05) is 43.3 Å². The highest BCUT2D eigenvalue weighted by molar-refractivity contribution is 14.0. The summed E-state index contributed by atoms with van der Waals surface area (Å²) in [6.45, 7) is 3.41. The van der Waals surface area contributed by atoms with Crippen molar-refractivity contribution in [1.82, 2.24) is 15.5 Å². The van der Waals surface area contributed by atoms with Crippen LogP contribution in [0.3, 0.4) is 0 Å². The summed E-state index contributed by atoms with van der Waals surface area (Å²) >= 11 is 1.77. The Labute approximate surface area is 200 Å². The van der Waals surface area contributed by atoms with Gasteiger partial charge in [0, 0.05) is 36.9 Å². The first kappa shape index (κ1) is 26.1. The summed E-state index contributed by atoms with van der Waals surface area (Å²) < 4.78 is 5.46. The van der Waals surface area contributed by atoms with Gasteiger partial charge in [-0.2, -0.15) is 0 Å². The van der Waals surface area contributed by atoms with Gasteiger partial charge in [0.1, 0.15) is 5.75 Å². The predicted molar refractivity (Wildman–Crippen MR) is 136 cm³/mol. The molecule has 8 heteroatoms. The first-order chi connectivity index (χ1) is 14.0. The minimum Gasteiger partial charge on any atom is -0.496 e. The SMILES string of the molecule is COc1cc(C)ccc1CN=C(NCCSc1ccccc1)NCC(=O)N(C)C.I. The van der Waals surface area contributed by atoms with E-state index < -0.39 is 0 Å². The molecule has 0 aliphatic carbocycles. The molecule has 0 bridgehead atoms. The van der Waals surface area contributed by atoms with Gasteiger partial charge < -0.3 is 20.3 Å². The number of methoxy groups -OCH3 is 1. The lowest BCUT2D eigenvalue weighted by Crippen LogP contribution is -2.43. The molecule has 0 unspecified atom stereocenters. The minimum absolute atomic E-state index is 0. The van der Waals surface area contributed by atoms with Crippen LogP contribution < -0.4 is 15.4 Å². The number of halogens is 1. The van der Waals surface area contributed by atoms with Crippen molar-refractivity contribution in [2.24, 2.45) is 4.99 Å². The largest absolute Gasteiger partial charge is 0.496 e. The third-order valence-corrected chi connectivity index (χ3v) is 5.18. The summed E-state index contributed by atoms with van der Waals surface area (Å²) in [5, 5.41) is 6.43. The number of hydrogen-bond acceptors (Lipinski definition) is 4. The van der Waals surface area contributed by atoms with Crippen LogP contribution in [0.2, 0.25) is 0 Å². The zero-order chi connectivity index (χ0) is 21.1. The van der Waals surface area contributed by atoms with Gasteiger partial charge in [-0.1, -0.05) is 30.3 Å². The Morgan fingerprint density at radius 1 is 1.13 bits per heavy atom. The van der Waals surface area contributed by atoms with Crippen LogP contribution in [0.1, 0.15) is 11.1 Å². The maximum atomic E-state index is 11.9. The molecule has 0 fully saturated rings. The topological polar surface area (TPSA) is 66.0 Å². The Morgan fingerprint density at radius 2 is 1.87 bits per heavy atom. The number of nitrogens with zero attached hydrogens (tertiary/aromatic N) is 2. The zero-order valence-electron chi connectivity index (χ0n) is 18.0. The van der Waals surface area contributed by atoms with Gasteiger partial charge in [0.15, 0.2) is 5.96 Å². The van der Waals surface area contributed by atoms with Crippen molar-refractivity contribution in [2.75, 3.05) is 40.0 Å². The van der Waals surface area contributed by atoms with E-state index in [2.05, 4.69) is 27.8 Å². The number of benzene rings is 2. The molecule has 6 nitrogen and oxygen atoms in total. The number of carbonyl (C=O) groups is 1. The van der Waals surface area contributed by atoms with Gasteiger partial charge in [-0.05, 0) is 30.7 Å². The summed E-state index contributed by atoms with van der Waals surface area (Å²) in [7, 11) is 5.14. The summed E-state index contributed by atoms with van der Waals surface area (Å²) in [6.07, 6.45) is 0. The second kappa shape index (κ2) is 14.1. The average molecular weight is 542 g/mol. The highest BCUT2D eigenvalue weighted by atomic mass is 127. The van der Waals surface area contributed by atoms with Gasteiger partial charge in [-0.25, -0.2) is 4.99 Å². The number of amides is 1. The molecule has 0 radical (unpaired) electrons. The molecule has 30 heavy (non-hydrogen) atoms. The fourth-order valence-electron chi connectivity index (χ4n) is 2.49. The first-order valence-electron chi connectivity index (χ1n) is 9.53. The maximum Gasteiger partial charge on any atom is 0.241 e. The number of hydrogen-bond donors (Lipinski definition) is 2. The summed E-state index contributed by atoms with van der Waals surface area (Å²) in [4.78, 5) is 19.4. The molecule has 0 aromatic heterocycles. The van der Waals surface area contributed by atoms with E-state index in [0.717, 1.165) is 29.2 Å². The number of guanidine groups is 1. The normalized spacial score (nSPS) is 10.7. The number of rotatable bonds is 9. The van der Waals surface area contributed by atoms with Crippen molar-refractivity contribution in [3.8, 4) is 5.75 Å². The van der Waals surface area contributed by atoms with Crippen LogP contribution in [-0.4, -0.2) is 56.8 Å². The standard InChI is InChI=1S/C22H30N4O2S.HI/c1-17-10-11-18(20(14-17)28-4)15-24-22(25-16-21(27)26(2)3)23-12-13-29-19-8-6-5-7-9-19;/h5-11,14H,12-13,15-16H2,1-4H3,(H2,23,24,25);1H. The quantitative estimate of drug-likeness (QED) is 0.167. The highest BCUT2D eigenvalue weighted by Crippen LogP contribution is 2.20. The molecule has 2 N–H and O–H groups in total. The first-order valence-corrected chi connectivity index (χ1v) is 10.5. The van der Waals surface area contributed by atoms with E-state index in [0.29, 0.717) is 12.5 Å². The maximum absolute atomic E-state index is 11.9.